The highest BCUT2D eigenvalue weighted by Gasteiger charge is 2.23. The minimum absolute atomic E-state index is 0.104. The fourth-order valence-electron chi connectivity index (χ4n) is 2.98. The standard InChI is InChI=1S/C20H18ClN3O3/c1-2-15(19-22-10-16(23-19)12-6-4-3-5-7-12)24-20(25)13-8-14(21)18-17(9-13)26-11-27-18/h3-10,15H,2,11H2,1H3,(H,22,23)(H,24,25). The minimum atomic E-state index is -0.251. The fraction of sp³-hybridized carbons (Fsp3) is 0.200. The molecule has 0 spiro atoms. The van der Waals surface area contributed by atoms with E-state index < -0.39 is 0 Å². The van der Waals surface area contributed by atoms with Crippen LogP contribution in [0.25, 0.3) is 11.3 Å². The summed E-state index contributed by atoms with van der Waals surface area (Å²) >= 11 is 6.17. The Bertz CT molecular complexity index is 972. The largest absolute Gasteiger partial charge is 0.454 e. The van der Waals surface area contributed by atoms with E-state index >= 15 is 0 Å². The Morgan fingerprint density at radius 1 is 1.30 bits per heavy atom. The average molecular weight is 384 g/mol. The van der Waals surface area contributed by atoms with Crippen LogP contribution in [0.3, 0.4) is 0 Å². The van der Waals surface area contributed by atoms with Gasteiger partial charge in [0, 0.05) is 5.56 Å². The number of rotatable bonds is 5. The lowest BCUT2D eigenvalue weighted by Gasteiger charge is -2.15. The highest BCUT2D eigenvalue weighted by atomic mass is 35.5. The molecule has 2 N–H and O–H groups in total. The molecule has 27 heavy (non-hydrogen) atoms. The van der Waals surface area contributed by atoms with Crippen molar-refractivity contribution >= 4 is 17.5 Å². The summed E-state index contributed by atoms with van der Waals surface area (Å²) in [4.78, 5) is 20.4. The number of aromatic nitrogens is 2. The molecule has 0 bridgehead atoms. The maximum Gasteiger partial charge on any atom is 0.252 e. The SMILES string of the molecule is CCC(NC(=O)c1cc(Cl)c2c(c1)OCO2)c1ncc(-c2ccccc2)[nH]1. The van der Waals surface area contributed by atoms with Crippen molar-refractivity contribution in [3.63, 3.8) is 0 Å². The molecule has 0 radical (unpaired) electrons. The molecular formula is C20H18ClN3O3. The highest BCUT2D eigenvalue weighted by molar-refractivity contribution is 6.32. The van der Waals surface area contributed by atoms with Crippen molar-refractivity contribution in [1.82, 2.24) is 15.3 Å². The van der Waals surface area contributed by atoms with Gasteiger partial charge in [-0.15, -0.1) is 0 Å². The quantitative estimate of drug-likeness (QED) is 0.687. The summed E-state index contributed by atoms with van der Waals surface area (Å²) in [6, 6.07) is 12.9. The van der Waals surface area contributed by atoms with Crippen molar-refractivity contribution in [1.29, 1.82) is 0 Å². The van der Waals surface area contributed by atoms with Crippen LogP contribution in [-0.4, -0.2) is 22.7 Å². The van der Waals surface area contributed by atoms with Crippen LogP contribution in [0.5, 0.6) is 11.5 Å². The molecule has 6 nitrogen and oxygen atoms in total. The first-order valence-corrected chi connectivity index (χ1v) is 9.04. The molecule has 1 aliphatic heterocycles. The predicted octanol–water partition coefficient (Wildman–Crippen LogP) is 4.34. The van der Waals surface area contributed by atoms with E-state index in [9.17, 15) is 4.79 Å². The van der Waals surface area contributed by atoms with Crippen molar-refractivity contribution < 1.29 is 14.3 Å². The Labute approximate surface area is 161 Å². The summed E-state index contributed by atoms with van der Waals surface area (Å²) in [6.07, 6.45) is 2.46. The zero-order valence-corrected chi connectivity index (χ0v) is 15.4. The number of ether oxygens (including phenoxy) is 2. The topological polar surface area (TPSA) is 76.2 Å². The number of carbonyl (C=O) groups is 1. The molecule has 0 saturated carbocycles. The number of nitrogens with zero attached hydrogens (tertiary/aromatic N) is 1. The van der Waals surface area contributed by atoms with Crippen LogP contribution < -0.4 is 14.8 Å². The number of H-pyrrole nitrogens is 1. The number of halogens is 1. The summed E-state index contributed by atoms with van der Waals surface area (Å²) in [6.45, 7) is 2.09. The summed E-state index contributed by atoms with van der Waals surface area (Å²) in [5.74, 6) is 1.40. The maximum absolute atomic E-state index is 12.7. The van der Waals surface area contributed by atoms with Crippen LogP contribution in [0.2, 0.25) is 5.02 Å². The first-order chi connectivity index (χ1) is 13.2. The number of hydrogen-bond acceptors (Lipinski definition) is 4. The van der Waals surface area contributed by atoms with E-state index in [1.807, 2.05) is 37.3 Å². The first kappa shape index (κ1) is 17.4. The van der Waals surface area contributed by atoms with E-state index in [1.54, 1.807) is 18.3 Å². The van der Waals surface area contributed by atoms with E-state index in [1.165, 1.54) is 0 Å². The van der Waals surface area contributed by atoms with Gasteiger partial charge in [-0.05, 0) is 24.1 Å². The molecule has 0 aliphatic carbocycles. The Balaban J connectivity index is 1.53. The average Bonchev–Trinajstić information content (AvgIpc) is 3.36. The maximum atomic E-state index is 12.7. The number of fused-ring (bicyclic) bond motifs is 1. The van der Waals surface area contributed by atoms with Crippen LogP contribution in [-0.2, 0) is 0 Å². The second-order valence-electron chi connectivity index (χ2n) is 6.17. The second-order valence-corrected chi connectivity index (χ2v) is 6.58. The number of hydrogen-bond donors (Lipinski definition) is 2. The third kappa shape index (κ3) is 3.48. The van der Waals surface area contributed by atoms with Gasteiger partial charge >= 0.3 is 0 Å². The van der Waals surface area contributed by atoms with E-state index in [0.717, 1.165) is 11.3 Å². The van der Waals surface area contributed by atoms with Crippen LogP contribution >= 0.6 is 11.6 Å². The zero-order valence-electron chi connectivity index (χ0n) is 14.7. The molecule has 3 aromatic rings. The van der Waals surface area contributed by atoms with Gasteiger partial charge in [0.2, 0.25) is 6.79 Å². The number of benzene rings is 2. The summed E-state index contributed by atoms with van der Waals surface area (Å²) in [5, 5.41) is 3.35. The Morgan fingerprint density at radius 3 is 2.89 bits per heavy atom. The second kappa shape index (κ2) is 7.32. The van der Waals surface area contributed by atoms with Crippen molar-refractivity contribution in [2.24, 2.45) is 0 Å². The van der Waals surface area contributed by atoms with Crippen molar-refractivity contribution in [2.75, 3.05) is 6.79 Å². The summed E-state index contributed by atoms with van der Waals surface area (Å²) in [7, 11) is 0. The fourth-order valence-corrected chi connectivity index (χ4v) is 3.25. The van der Waals surface area contributed by atoms with Gasteiger partial charge in [0.05, 0.1) is 23.0 Å². The van der Waals surface area contributed by atoms with Crippen LogP contribution in [0.1, 0.15) is 35.6 Å². The Morgan fingerprint density at radius 2 is 2.11 bits per heavy atom. The monoisotopic (exact) mass is 383 g/mol. The smallest absolute Gasteiger partial charge is 0.252 e. The molecular weight excluding hydrogens is 366 g/mol. The van der Waals surface area contributed by atoms with Crippen molar-refractivity contribution in [3.8, 4) is 22.8 Å². The van der Waals surface area contributed by atoms with Gasteiger partial charge in [0.25, 0.3) is 5.91 Å². The molecule has 2 aromatic carbocycles. The molecule has 1 amide bonds. The minimum Gasteiger partial charge on any atom is -0.454 e. The lowest BCUT2D eigenvalue weighted by molar-refractivity contribution is 0.0933. The van der Waals surface area contributed by atoms with Crippen LogP contribution in [0, 0.1) is 0 Å². The summed E-state index contributed by atoms with van der Waals surface area (Å²) in [5.41, 5.74) is 2.36. The summed E-state index contributed by atoms with van der Waals surface area (Å²) < 4.78 is 10.6. The molecule has 2 heterocycles. The zero-order chi connectivity index (χ0) is 18.8. The Kier molecular flexibility index (Phi) is 4.73. The molecule has 1 unspecified atom stereocenters. The van der Waals surface area contributed by atoms with Gasteiger partial charge in [0.1, 0.15) is 5.82 Å². The third-order valence-electron chi connectivity index (χ3n) is 4.41. The molecule has 0 saturated heterocycles. The number of aromatic amines is 1. The van der Waals surface area contributed by atoms with Crippen LogP contribution in [0.4, 0.5) is 0 Å². The first-order valence-electron chi connectivity index (χ1n) is 8.66. The molecule has 1 aliphatic rings. The Hall–Kier alpha value is -2.99. The normalized spacial score (nSPS) is 13.4. The molecule has 1 aromatic heterocycles. The number of nitrogens with one attached hydrogen (secondary N) is 2. The number of imidazole rings is 1. The number of amides is 1. The van der Waals surface area contributed by atoms with Gasteiger partial charge in [0.15, 0.2) is 11.5 Å². The van der Waals surface area contributed by atoms with E-state index in [-0.39, 0.29) is 18.7 Å². The van der Waals surface area contributed by atoms with Crippen molar-refractivity contribution in [3.05, 3.63) is 65.1 Å². The molecule has 0 fully saturated rings. The lowest BCUT2D eigenvalue weighted by atomic mass is 10.1. The van der Waals surface area contributed by atoms with E-state index in [0.29, 0.717) is 34.3 Å². The predicted molar refractivity (Wildman–Crippen MR) is 102 cm³/mol. The van der Waals surface area contributed by atoms with Gasteiger partial charge in [-0.3, -0.25) is 4.79 Å². The van der Waals surface area contributed by atoms with Crippen LogP contribution in [0.15, 0.2) is 48.7 Å². The molecule has 4 rings (SSSR count). The molecule has 7 heteroatoms. The van der Waals surface area contributed by atoms with Gasteiger partial charge in [-0.25, -0.2) is 4.98 Å². The van der Waals surface area contributed by atoms with Crippen molar-refractivity contribution in [2.45, 2.75) is 19.4 Å². The van der Waals surface area contributed by atoms with Gasteiger partial charge in [-0.1, -0.05) is 48.9 Å². The third-order valence-corrected chi connectivity index (χ3v) is 4.69. The van der Waals surface area contributed by atoms with Gasteiger partial charge < -0.3 is 19.8 Å². The highest BCUT2D eigenvalue weighted by Crippen LogP contribution is 2.39. The van der Waals surface area contributed by atoms with E-state index in [4.69, 9.17) is 21.1 Å². The lowest BCUT2D eigenvalue weighted by Crippen LogP contribution is -2.28. The number of carbonyl (C=O) groups excluding carboxylic acids is 1. The molecule has 138 valence electrons. The van der Waals surface area contributed by atoms with Gasteiger partial charge in [-0.2, -0.15) is 0 Å². The van der Waals surface area contributed by atoms with E-state index in [2.05, 4.69) is 15.3 Å². The molecule has 1 atom stereocenters.